The summed E-state index contributed by atoms with van der Waals surface area (Å²) >= 11 is 3.20. The van der Waals surface area contributed by atoms with Crippen LogP contribution < -0.4 is 0 Å². The molecule has 0 N–H and O–H groups in total. The van der Waals surface area contributed by atoms with Crippen LogP contribution in [0.25, 0.3) is 6.08 Å². The van der Waals surface area contributed by atoms with Gasteiger partial charge in [-0.1, -0.05) is 34.1 Å². The number of aldehydes is 1. The molecule has 0 saturated carbocycles. The largest absolute Gasteiger partial charge is 0.416 e. The summed E-state index contributed by atoms with van der Waals surface area (Å²) in [6, 6.07) is 3.07. The highest BCUT2D eigenvalue weighted by atomic mass is 79.9. The monoisotopic (exact) mass is 306 g/mol. The third-order valence-corrected chi connectivity index (χ3v) is 2.57. The van der Waals surface area contributed by atoms with Crippen molar-refractivity contribution in [2.45, 2.75) is 12.6 Å². The Hall–Kier alpha value is -1.10. The second-order valence-electron chi connectivity index (χ2n) is 3.34. The SMILES string of the molecule is O=Cc1ccc(C(F)(F)F)cc1C=CCCBr. The third-order valence-electron chi connectivity index (χ3n) is 2.11. The summed E-state index contributed by atoms with van der Waals surface area (Å²) in [5.74, 6) is 0. The highest BCUT2D eigenvalue weighted by Gasteiger charge is 2.30. The van der Waals surface area contributed by atoms with Gasteiger partial charge in [0.1, 0.15) is 0 Å². The van der Waals surface area contributed by atoms with Gasteiger partial charge in [-0.15, -0.1) is 0 Å². The molecular formula is C12H10BrF3O. The minimum Gasteiger partial charge on any atom is -0.298 e. The van der Waals surface area contributed by atoms with Crippen LogP contribution in [-0.2, 0) is 6.18 Å². The van der Waals surface area contributed by atoms with Crippen molar-refractivity contribution < 1.29 is 18.0 Å². The molecule has 1 aromatic carbocycles. The second-order valence-corrected chi connectivity index (χ2v) is 4.13. The Morgan fingerprint density at radius 3 is 2.47 bits per heavy atom. The van der Waals surface area contributed by atoms with Gasteiger partial charge in [0, 0.05) is 10.9 Å². The third kappa shape index (κ3) is 4.00. The molecule has 0 amide bonds. The lowest BCUT2D eigenvalue weighted by atomic mass is 10.0. The molecule has 0 aliphatic carbocycles. The molecule has 5 heteroatoms. The molecule has 0 saturated heterocycles. The molecule has 1 aromatic rings. The van der Waals surface area contributed by atoms with Gasteiger partial charge in [0.05, 0.1) is 5.56 Å². The van der Waals surface area contributed by atoms with Crippen molar-refractivity contribution in [2.75, 3.05) is 5.33 Å². The fourth-order valence-corrected chi connectivity index (χ4v) is 1.54. The fraction of sp³-hybridized carbons (Fsp3) is 0.250. The molecule has 0 radical (unpaired) electrons. The van der Waals surface area contributed by atoms with Crippen LogP contribution in [0.5, 0.6) is 0 Å². The van der Waals surface area contributed by atoms with Crippen LogP contribution in [0, 0.1) is 0 Å². The van der Waals surface area contributed by atoms with Crippen LogP contribution in [-0.4, -0.2) is 11.6 Å². The first kappa shape index (κ1) is 14.0. The van der Waals surface area contributed by atoms with E-state index in [2.05, 4.69) is 15.9 Å². The lowest BCUT2D eigenvalue weighted by Crippen LogP contribution is -2.05. The molecule has 0 spiro atoms. The maximum absolute atomic E-state index is 12.5. The summed E-state index contributed by atoms with van der Waals surface area (Å²) in [5.41, 5.74) is -0.207. The molecule has 0 bridgehead atoms. The van der Waals surface area contributed by atoms with E-state index in [1.54, 1.807) is 6.08 Å². The van der Waals surface area contributed by atoms with Gasteiger partial charge in [0.15, 0.2) is 6.29 Å². The number of rotatable bonds is 4. The van der Waals surface area contributed by atoms with Crippen LogP contribution >= 0.6 is 15.9 Å². The quantitative estimate of drug-likeness (QED) is 0.598. The van der Waals surface area contributed by atoms with E-state index >= 15 is 0 Å². The summed E-state index contributed by atoms with van der Waals surface area (Å²) in [7, 11) is 0. The Bertz CT molecular complexity index is 424. The molecule has 1 rings (SSSR count). The average molecular weight is 307 g/mol. The van der Waals surface area contributed by atoms with Gasteiger partial charge in [0.2, 0.25) is 0 Å². The smallest absolute Gasteiger partial charge is 0.298 e. The first-order valence-corrected chi connectivity index (χ1v) is 6.00. The number of alkyl halides is 4. The van der Waals surface area contributed by atoms with Gasteiger partial charge >= 0.3 is 6.18 Å². The van der Waals surface area contributed by atoms with E-state index in [4.69, 9.17) is 0 Å². The minimum atomic E-state index is -4.39. The highest BCUT2D eigenvalue weighted by molar-refractivity contribution is 9.09. The zero-order valence-electron chi connectivity index (χ0n) is 8.80. The maximum atomic E-state index is 12.5. The summed E-state index contributed by atoms with van der Waals surface area (Å²) in [4.78, 5) is 10.7. The number of benzene rings is 1. The Kier molecular flexibility index (Phi) is 4.93. The molecule has 0 aliphatic heterocycles. The van der Waals surface area contributed by atoms with E-state index in [1.165, 1.54) is 12.1 Å². The molecule has 0 aliphatic rings. The van der Waals surface area contributed by atoms with E-state index < -0.39 is 11.7 Å². The first-order valence-electron chi connectivity index (χ1n) is 4.88. The predicted octanol–water partition coefficient (Wildman–Crippen LogP) is 4.32. The summed E-state index contributed by atoms with van der Waals surface area (Å²) in [5, 5.41) is 0.721. The van der Waals surface area contributed by atoms with Gasteiger partial charge < -0.3 is 0 Å². The standard InChI is InChI=1S/C12H10BrF3O/c13-6-2-1-3-9-7-11(12(14,15)16)5-4-10(9)8-17/h1,3-5,7-8H,2,6H2. The second kappa shape index (κ2) is 6.00. The van der Waals surface area contributed by atoms with Gasteiger partial charge in [0.25, 0.3) is 0 Å². The van der Waals surface area contributed by atoms with Crippen molar-refractivity contribution in [3.05, 3.63) is 41.0 Å². The minimum absolute atomic E-state index is 0.254. The van der Waals surface area contributed by atoms with Crippen molar-refractivity contribution in [3.63, 3.8) is 0 Å². The van der Waals surface area contributed by atoms with Gasteiger partial charge in [-0.05, 0) is 24.1 Å². The predicted molar refractivity (Wildman–Crippen MR) is 64.3 cm³/mol. The molecule has 92 valence electrons. The molecule has 17 heavy (non-hydrogen) atoms. The fourth-order valence-electron chi connectivity index (χ4n) is 1.28. The Morgan fingerprint density at radius 1 is 1.24 bits per heavy atom. The molecule has 0 fully saturated rings. The Labute approximate surface area is 105 Å². The molecule has 0 heterocycles. The number of carbonyl (C=O) groups is 1. The zero-order chi connectivity index (χ0) is 12.9. The van der Waals surface area contributed by atoms with Crippen molar-refractivity contribution in [2.24, 2.45) is 0 Å². The van der Waals surface area contributed by atoms with E-state index in [0.717, 1.165) is 17.5 Å². The Balaban J connectivity index is 3.11. The van der Waals surface area contributed by atoms with Gasteiger partial charge in [-0.2, -0.15) is 13.2 Å². The molecular weight excluding hydrogens is 297 g/mol. The van der Waals surface area contributed by atoms with Crippen LogP contribution in [0.15, 0.2) is 24.3 Å². The van der Waals surface area contributed by atoms with E-state index in [-0.39, 0.29) is 11.1 Å². The van der Waals surface area contributed by atoms with Crippen molar-refractivity contribution in [1.82, 2.24) is 0 Å². The normalized spacial score (nSPS) is 12.0. The number of hydrogen-bond donors (Lipinski definition) is 0. The van der Waals surface area contributed by atoms with Gasteiger partial charge in [-0.25, -0.2) is 0 Å². The number of allylic oxidation sites excluding steroid dienone is 1. The van der Waals surface area contributed by atoms with Crippen molar-refractivity contribution in [1.29, 1.82) is 0 Å². The summed E-state index contributed by atoms with van der Waals surface area (Å²) in [6.07, 6.45) is 0.0966. The van der Waals surface area contributed by atoms with Crippen LogP contribution in [0.4, 0.5) is 13.2 Å². The van der Waals surface area contributed by atoms with E-state index in [0.29, 0.717) is 12.7 Å². The average Bonchev–Trinajstić information content (AvgIpc) is 2.28. The molecule has 0 atom stereocenters. The Morgan fingerprint density at radius 2 is 1.94 bits per heavy atom. The van der Waals surface area contributed by atoms with Crippen LogP contribution in [0.1, 0.15) is 27.9 Å². The molecule has 1 nitrogen and oxygen atoms in total. The number of carbonyl (C=O) groups excluding carboxylic acids is 1. The lowest BCUT2D eigenvalue weighted by Gasteiger charge is -2.08. The first-order chi connectivity index (χ1) is 7.99. The van der Waals surface area contributed by atoms with Crippen LogP contribution in [0.3, 0.4) is 0 Å². The van der Waals surface area contributed by atoms with Gasteiger partial charge in [-0.3, -0.25) is 4.79 Å². The number of hydrogen-bond acceptors (Lipinski definition) is 1. The zero-order valence-corrected chi connectivity index (χ0v) is 10.4. The van der Waals surface area contributed by atoms with Crippen LogP contribution in [0.2, 0.25) is 0 Å². The topological polar surface area (TPSA) is 17.1 Å². The van der Waals surface area contributed by atoms with E-state index in [1.807, 2.05) is 0 Å². The van der Waals surface area contributed by atoms with Crippen molar-refractivity contribution >= 4 is 28.3 Å². The summed E-state index contributed by atoms with van der Waals surface area (Å²) in [6.45, 7) is 0. The van der Waals surface area contributed by atoms with E-state index in [9.17, 15) is 18.0 Å². The molecule has 0 unspecified atom stereocenters. The highest BCUT2D eigenvalue weighted by Crippen LogP contribution is 2.30. The summed E-state index contributed by atoms with van der Waals surface area (Å²) < 4.78 is 37.4. The lowest BCUT2D eigenvalue weighted by molar-refractivity contribution is -0.137. The molecule has 0 aromatic heterocycles. The maximum Gasteiger partial charge on any atom is 0.416 e. The number of halogens is 4. The van der Waals surface area contributed by atoms with Crippen molar-refractivity contribution in [3.8, 4) is 0 Å².